The van der Waals surface area contributed by atoms with Gasteiger partial charge in [-0.3, -0.25) is 4.79 Å². The maximum atomic E-state index is 11.7. The van der Waals surface area contributed by atoms with E-state index in [2.05, 4.69) is 10.4 Å². The number of nitrogens with zero attached hydrogens (tertiary/aromatic N) is 2. The third kappa shape index (κ3) is 3.18. The molecule has 0 unspecified atom stereocenters. The second kappa shape index (κ2) is 6.54. The van der Waals surface area contributed by atoms with Crippen LogP contribution < -0.4 is 11.1 Å². The number of amides is 1. The molecule has 108 valence electrons. The summed E-state index contributed by atoms with van der Waals surface area (Å²) in [5.41, 5.74) is 8.91. The summed E-state index contributed by atoms with van der Waals surface area (Å²) in [5.74, 6) is -0.209. The Bertz CT molecular complexity index is 593. The standard InChI is InChI=1S/C14H18N4O.ClH/c1-9(15)14(19)16-13-10(2)17-18(11(13)3)12-7-5-4-6-8-12;/h4-9H,15H2,1-3H3,(H,16,19);1H/t9-;/m1./s1. The van der Waals surface area contributed by atoms with Crippen LogP contribution in [0.4, 0.5) is 5.69 Å². The molecule has 0 radical (unpaired) electrons. The maximum Gasteiger partial charge on any atom is 0.241 e. The highest BCUT2D eigenvalue weighted by Gasteiger charge is 2.16. The maximum absolute atomic E-state index is 11.7. The van der Waals surface area contributed by atoms with E-state index in [1.54, 1.807) is 6.92 Å². The molecule has 1 atom stereocenters. The van der Waals surface area contributed by atoms with Gasteiger partial charge in [-0.25, -0.2) is 4.68 Å². The zero-order valence-corrected chi connectivity index (χ0v) is 12.6. The fraction of sp³-hybridized carbons (Fsp3) is 0.286. The van der Waals surface area contributed by atoms with Crippen LogP contribution in [0.25, 0.3) is 5.69 Å². The lowest BCUT2D eigenvalue weighted by Gasteiger charge is -2.08. The topological polar surface area (TPSA) is 72.9 Å². The molecule has 20 heavy (non-hydrogen) atoms. The van der Waals surface area contributed by atoms with Gasteiger partial charge in [-0.05, 0) is 32.9 Å². The van der Waals surface area contributed by atoms with Gasteiger partial charge >= 0.3 is 0 Å². The van der Waals surface area contributed by atoms with Crippen molar-refractivity contribution in [3.05, 3.63) is 41.7 Å². The lowest BCUT2D eigenvalue weighted by atomic mass is 10.2. The predicted octanol–water partition coefficient (Wildman–Crippen LogP) is 2.20. The van der Waals surface area contributed by atoms with Crippen LogP contribution in [0.15, 0.2) is 30.3 Å². The number of carbonyl (C=O) groups is 1. The molecule has 0 bridgehead atoms. The minimum Gasteiger partial charge on any atom is -0.322 e. The Labute approximate surface area is 124 Å². The number of nitrogens with two attached hydrogens (primary N) is 1. The highest BCUT2D eigenvalue weighted by Crippen LogP contribution is 2.22. The molecule has 0 saturated carbocycles. The van der Waals surface area contributed by atoms with Crippen molar-refractivity contribution < 1.29 is 4.79 Å². The molecule has 2 aromatic rings. The van der Waals surface area contributed by atoms with Crippen molar-refractivity contribution in [3.63, 3.8) is 0 Å². The monoisotopic (exact) mass is 294 g/mol. The van der Waals surface area contributed by atoms with Crippen molar-refractivity contribution in [3.8, 4) is 5.69 Å². The first-order chi connectivity index (χ1) is 9.00. The van der Waals surface area contributed by atoms with Gasteiger partial charge in [-0.1, -0.05) is 18.2 Å². The molecule has 1 heterocycles. The average Bonchev–Trinajstić information content (AvgIpc) is 2.67. The Balaban J connectivity index is 0.00000200. The van der Waals surface area contributed by atoms with Gasteiger partial charge in [0.1, 0.15) is 0 Å². The Kier molecular flexibility index (Phi) is 5.30. The van der Waals surface area contributed by atoms with Gasteiger partial charge in [0.2, 0.25) is 5.91 Å². The van der Waals surface area contributed by atoms with Crippen molar-refractivity contribution in [2.45, 2.75) is 26.8 Å². The number of aromatic nitrogens is 2. The van der Waals surface area contributed by atoms with Crippen LogP contribution in [0.2, 0.25) is 0 Å². The summed E-state index contributed by atoms with van der Waals surface area (Å²) in [5, 5.41) is 7.27. The van der Waals surface area contributed by atoms with Crippen LogP contribution in [-0.4, -0.2) is 21.7 Å². The minimum atomic E-state index is -0.543. The van der Waals surface area contributed by atoms with Gasteiger partial charge in [0.05, 0.1) is 28.8 Å². The second-order valence-corrected chi connectivity index (χ2v) is 4.57. The Morgan fingerprint density at radius 1 is 1.30 bits per heavy atom. The summed E-state index contributed by atoms with van der Waals surface area (Å²) in [6.45, 7) is 5.44. The zero-order chi connectivity index (χ0) is 14.0. The van der Waals surface area contributed by atoms with Gasteiger partial charge in [0.15, 0.2) is 0 Å². The van der Waals surface area contributed by atoms with E-state index in [9.17, 15) is 4.79 Å². The van der Waals surface area contributed by atoms with Gasteiger partial charge in [0.25, 0.3) is 0 Å². The van der Waals surface area contributed by atoms with Crippen LogP contribution in [0.3, 0.4) is 0 Å². The summed E-state index contributed by atoms with van der Waals surface area (Å²) in [4.78, 5) is 11.7. The number of nitrogens with one attached hydrogen (secondary N) is 1. The summed E-state index contributed by atoms with van der Waals surface area (Å²) in [6.07, 6.45) is 0. The smallest absolute Gasteiger partial charge is 0.241 e. The molecule has 0 aliphatic rings. The molecule has 1 aromatic carbocycles. The summed E-state index contributed by atoms with van der Waals surface area (Å²) >= 11 is 0. The van der Waals surface area contributed by atoms with Gasteiger partial charge in [0, 0.05) is 0 Å². The first kappa shape index (κ1) is 16.2. The van der Waals surface area contributed by atoms with E-state index in [4.69, 9.17) is 5.73 Å². The molecule has 3 N–H and O–H groups in total. The van der Waals surface area contributed by atoms with E-state index in [1.165, 1.54) is 0 Å². The molecule has 1 aromatic heterocycles. The first-order valence-electron chi connectivity index (χ1n) is 6.18. The molecule has 1 amide bonds. The molecule has 0 saturated heterocycles. The van der Waals surface area contributed by atoms with E-state index >= 15 is 0 Å². The van der Waals surface area contributed by atoms with Crippen molar-refractivity contribution in [2.24, 2.45) is 5.73 Å². The van der Waals surface area contributed by atoms with Gasteiger partial charge in [-0.15, -0.1) is 12.4 Å². The number of hydrogen-bond acceptors (Lipinski definition) is 3. The Morgan fingerprint density at radius 3 is 2.45 bits per heavy atom. The number of para-hydroxylation sites is 1. The largest absolute Gasteiger partial charge is 0.322 e. The number of rotatable bonds is 3. The van der Waals surface area contributed by atoms with Crippen molar-refractivity contribution in [2.75, 3.05) is 5.32 Å². The molecule has 5 nitrogen and oxygen atoms in total. The number of benzene rings is 1. The lowest BCUT2D eigenvalue weighted by Crippen LogP contribution is -2.32. The zero-order valence-electron chi connectivity index (χ0n) is 11.8. The van der Waals surface area contributed by atoms with Crippen molar-refractivity contribution >= 4 is 24.0 Å². The SMILES string of the molecule is Cc1nn(-c2ccccc2)c(C)c1NC(=O)[C@@H](C)N.Cl. The van der Waals surface area contributed by atoms with Gasteiger partial charge < -0.3 is 11.1 Å². The number of halogens is 1. The van der Waals surface area contributed by atoms with E-state index in [1.807, 2.05) is 48.9 Å². The van der Waals surface area contributed by atoms with E-state index in [-0.39, 0.29) is 18.3 Å². The van der Waals surface area contributed by atoms with Crippen LogP contribution in [0.5, 0.6) is 0 Å². The Morgan fingerprint density at radius 2 is 1.90 bits per heavy atom. The van der Waals surface area contributed by atoms with E-state index in [0.29, 0.717) is 0 Å². The van der Waals surface area contributed by atoms with E-state index < -0.39 is 6.04 Å². The third-order valence-electron chi connectivity index (χ3n) is 2.95. The van der Waals surface area contributed by atoms with Crippen molar-refractivity contribution in [1.29, 1.82) is 0 Å². The van der Waals surface area contributed by atoms with Crippen LogP contribution in [-0.2, 0) is 4.79 Å². The van der Waals surface area contributed by atoms with Crippen molar-refractivity contribution in [1.82, 2.24) is 9.78 Å². The molecule has 0 aliphatic heterocycles. The Hall–Kier alpha value is -1.85. The third-order valence-corrected chi connectivity index (χ3v) is 2.95. The summed E-state index contributed by atoms with van der Waals surface area (Å²) < 4.78 is 1.81. The fourth-order valence-electron chi connectivity index (χ4n) is 1.88. The molecule has 2 rings (SSSR count). The quantitative estimate of drug-likeness (QED) is 0.911. The summed E-state index contributed by atoms with van der Waals surface area (Å²) in [7, 11) is 0. The molecule has 0 aliphatic carbocycles. The first-order valence-corrected chi connectivity index (χ1v) is 6.18. The molecule has 0 fully saturated rings. The second-order valence-electron chi connectivity index (χ2n) is 4.57. The number of hydrogen-bond donors (Lipinski definition) is 2. The summed E-state index contributed by atoms with van der Waals surface area (Å²) in [6, 6.07) is 9.25. The number of anilines is 1. The predicted molar refractivity (Wildman–Crippen MR) is 82.6 cm³/mol. The number of aryl methyl sites for hydroxylation is 1. The van der Waals surface area contributed by atoms with Crippen LogP contribution in [0, 0.1) is 13.8 Å². The molecule has 6 heteroatoms. The molecular weight excluding hydrogens is 276 g/mol. The highest BCUT2D eigenvalue weighted by molar-refractivity contribution is 5.95. The highest BCUT2D eigenvalue weighted by atomic mass is 35.5. The van der Waals surface area contributed by atoms with E-state index in [0.717, 1.165) is 22.8 Å². The van der Waals surface area contributed by atoms with Crippen LogP contribution in [0.1, 0.15) is 18.3 Å². The average molecular weight is 295 g/mol. The fourth-order valence-corrected chi connectivity index (χ4v) is 1.88. The molecular formula is C14H19ClN4O. The van der Waals surface area contributed by atoms with Crippen LogP contribution >= 0.6 is 12.4 Å². The number of carbonyl (C=O) groups excluding carboxylic acids is 1. The lowest BCUT2D eigenvalue weighted by molar-refractivity contribution is -0.117. The van der Waals surface area contributed by atoms with Gasteiger partial charge in [-0.2, -0.15) is 5.10 Å². The molecule has 0 spiro atoms. The normalized spacial score (nSPS) is 11.6. The minimum absolute atomic E-state index is 0.